The lowest BCUT2D eigenvalue weighted by atomic mass is 10.0. The third-order valence-electron chi connectivity index (χ3n) is 5.40. The number of hydrogen-bond donors (Lipinski definition) is 0. The molecule has 1 aliphatic rings. The summed E-state index contributed by atoms with van der Waals surface area (Å²) in [6, 6.07) is 20.9. The van der Waals surface area contributed by atoms with E-state index < -0.39 is 15.1 Å². The molecular formula is C23H23NO4S. The first kappa shape index (κ1) is 19.5. The van der Waals surface area contributed by atoms with E-state index in [0.29, 0.717) is 37.3 Å². The van der Waals surface area contributed by atoms with Gasteiger partial charge in [0.2, 0.25) is 0 Å². The van der Waals surface area contributed by atoms with Crippen molar-refractivity contribution in [3.63, 3.8) is 0 Å². The number of nitrogens with zero attached hydrogens (tertiary/aromatic N) is 1. The lowest BCUT2D eigenvalue weighted by molar-refractivity contribution is 0.0725. The van der Waals surface area contributed by atoms with Crippen LogP contribution in [-0.2, 0) is 15.6 Å². The van der Waals surface area contributed by atoms with Crippen molar-refractivity contribution in [2.75, 3.05) is 13.1 Å². The van der Waals surface area contributed by atoms with Gasteiger partial charge in [-0.25, -0.2) is 8.42 Å². The highest BCUT2D eigenvalue weighted by atomic mass is 32.2. The van der Waals surface area contributed by atoms with Crippen molar-refractivity contribution in [3.8, 4) is 11.1 Å². The van der Waals surface area contributed by atoms with Crippen LogP contribution in [0.4, 0.5) is 0 Å². The molecule has 1 saturated heterocycles. The number of hydrogen-bond acceptors (Lipinski definition) is 4. The number of benzene rings is 2. The first-order valence-corrected chi connectivity index (χ1v) is 11.4. The predicted molar refractivity (Wildman–Crippen MR) is 112 cm³/mol. The Morgan fingerprint density at radius 2 is 1.55 bits per heavy atom. The summed E-state index contributed by atoms with van der Waals surface area (Å²) in [5, 5.41) is -0.433. The summed E-state index contributed by atoms with van der Waals surface area (Å²) in [6.07, 6.45) is 2.39. The Hall–Kier alpha value is -2.86. The van der Waals surface area contributed by atoms with Crippen molar-refractivity contribution in [1.82, 2.24) is 4.90 Å². The molecule has 0 aliphatic carbocycles. The quantitative estimate of drug-likeness (QED) is 0.634. The van der Waals surface area contributed by atoms with Crippen molar-refractivity contribution in [1.29, 1.82) is 0 Å². The molecule has 0 unspecified atom stereocenters. The van der Waals surface area contributed by atoms with Gasteiger partial charge in [-0.3, -0.25) is 4.79 Å². The van der Waals surface area contributed by atoms with E-state index in [1.807, 2.05) is 54.6 Å². The summed E-state index contributed by atoms with van der Waals surface area (Å²) >= 11 is 0. The smallest absolute Gasteiger partial charge is 0.253 e. The van der Waals surface area contributed by atoms with Gasteiger partial charge in [-0.15, -0.1) is 0 Å². The number of carbonyl (C=O) groups excluding carboxylic acids is 1. The summed E-state index contributed by atoms with van der Waals surface area (Å²) in [6.45, 7) is 0.892. The van der Waals surface area contributed by atoms with E-state index in [4.69, 9.17) is 4.42 Å². The van der Waals surface area contributed by atoms with Crippen LogP contribution in [0.5, 0.6) is 0 Å². The van der Waals surface area contributed by atoms with Crippen LogP contribution >= 0.6 is 0 Å². The van der Waals surface area contributed by atoms with Crippen LogP contribution in [0.15, 0.2) is 77.4 Å². The van der Waals surface area contributed by atoms with E-state index in [-0.39, 0.29) is 11.7 Å². The van der Waals surface area contributed by atoms with Crippen molar-refractivity contribution in [3.05, 3.63) is 84.3 Å². The van der Waals surface area contributed by atoms with E-state index in [9.17, 15) is 13.2 Å². The molecule has 1 aromatic heterocycles. The van der Waals surface area contributed by atoms with Gasteiger partial charge in [-0.2, -0.15) is 0 Å². The van der Waals surface area contributed by atoms with Gasteiger partial charge in [0, 0.05) is 18.7 Å². The molecule has 0 spiro atoms. The summed E-state index contributed by atoms with van der Waals surface area (Å²) in [5.74, 6) is 0.327. The van der Waals surface area contributed by atoms with Gasteiger partial charge in [0.05, 0.1) is 11.5 Å². The Bertz CT molecular complexity index is 1050. The Labute approximate surface area is 170 Å². The maximum Gasteiger partial charge on any atom is 0.253 e. The van der Waals surface area contributed by atoms with Gasteiger partial charge in [-0.05, 0) is 48.2 Å². The second-order valence-corrected chi connectivity index (χ2v) is 9.60. The normalized spacial score (nSPS) is 15.4. The van der Waals surface area contributed by atoms with Crippen molar-refractivity contribution >= 4 is 15.7 Å². The molecule has 4 rings (SSSR count). The third kappa shape index (κ3) is 4.43. The highest BCUT2D eigenvalue weighted by Gasteiger charge is 2.32. The van der Waals surface area contributed by atoms with Crippen LogP contribution in [-0.4, -0.2) is 37.6 Å². The zero-order valence-corrected chi connectivity index (χ0v) is 16.8. The van der Waals surface area contributed by atoms with Crippen LogP contribution in [0.2, 0.25) is 0 Å². The number of likely N-dealkylation sites (tertiary alicyclic amines) is 1. The van der Waals surface area contributed by atoms with E-state index in [0.717, 1.165) is 11.1 Å². The molecule has 1 fully saturated rings. The molecular weight excluding hydrogens is 386 g/mol. The van der Waals surface area contributed by atoms with Crippen LogP contribution in [0, 0.1) is 0 Å². The van der Waals surface area contributed by atoms with E-state index in [2.05, 4.69) is 0 Å². The van der Waals surface area contributed by atoms with Crippen LogP contribution < -0.4 is 0 Å². The standard InChI is InChI=1S/C23H23NO4S/c25-23(20-10-8-19(9-11-20)18-5-2-1-3-6-18)24-14-12-22(13-15-24)29(26,27)17-21-7-4-16-28-21/h1-11,16,22H,12-15,17H2. The Morgan fingerprint density at radius 1 is 0.897 bits per heavy atom. The molecule has 0 saturated carbocycles. The maximum atomic E-state index is 12.8. The first-order chi connectivity index (χ1) is 14.0. The number of amides is 1. The van der Waals surface area contributed by atoms with Crippen LogP contribution in [0.1, 0.15) is 29.0 Å². The highest BCUT2D eigenvalue weighted by Crippen LogP contribution is 2.24. The number of piperidine rings is 1. The molecule has 0 radical (unpaired) electrons. The van der Waals surface area contributed by atoms with Gasteiger partial charge in [-0.1, -0.05) is 42.5 Å². The minimum Gasteiger partial charge on any atom is -0.468 e. The molecule has 1 aliphatic heterocycles. The number of furan rings is 1. The molecule has 3 aromatic rings. The van der Waals surface area contributed by atoms with Gasteiger partial charge in [0.25, 0.3) is 5.91 Å². The fraction of sp³-hybridized carbons (Fsp3) is 0.261. The van der Waals surface area contributed by atoms with Crippen LogP contribution in [0.25, 0.3) is 11.1 Å². The van der Waals surface area contributed by atoms with Crippen LogP contribution in [0.3, 0.4) is 0 Å². The van der Waals surface area contributed by atoms with Gasteiger partial charge >= 0.3 is 0 Å². The lowest BCUT2D eigenvalue weighted by Gasteiger charge is -2.31. The first-order valence-electron chi connectivity index (χ1n) is 9.72. The molecule has 2 aromatic carbocycles. The third-order valence-corrected chi connectivity index (χ3v) is 7.57. The zero-order valence-electron chi connectivity index (χ0n) is 16.0. The topological polar surface area (TPSA) is 67.6 Å². The monoisotopic (exact) mass is 409 g/mol. The predicted octanol–water partition coefficient (Wildman–Crippen LogP) is 4.17. The molecule has 29 heavy (non-hydrogen) atoms. The van der Waals surface area contributed by atoms with Crippen molar-refractivity contribution < 1.29 is 17.6 Å². The summed E-state index contributed by atoms with van der Waals surface area (Å²) < 4.78 is 30.4. The zero-order chi connectivity index (χ0) is 20.3. The van der Waals surface area contributed by atoms with E-state index >= 15 is 0 Å². The molecule has 0 bridgehead atoms. The average molecular weight is 410 g/mol. The number of rotatable bonds is 5. The largest absolute Gasteiger partial charge is 0.468 e. The SMILES string of the molecule is O=C(c1ccc(-c2ccccc2)cc1)N1CCC(S(=O)(=O)Cc2ccco2)CC1. The van der Waals surface area contributed by atoms with E-state index in [1.165, 1.54) is 6.26 Å². The summed E-state index contributed by atoms with van der Waals surface area (Å²) in [5.41, 5.74) is 2.79. The van der Waals surface area contributed by atoms with Crippen molar-refractivity contribution in [2.45, 2.75) is 23.8 Å². The van der Waals surface area contributed by atoms with Gasteiger partial charge in [0.15, 0.2) is 9.84 Å². The van der Waals surface area contributed by atoms with Gasteiger partial charge in [0.1, 0.15) is 11.5 Å². The molecule has 6 heteroatoms. The summed E-state index contributed by atoms with van der Waals surface area (Å²) in [4.78, 5) is 14.6. The lowest BCUT2D eigenvalue weighted by Crippen LogP contribution is -2.42. The Kier molecular flexibility index (Phi) is 5.53. The fourth-order valence-corrected chi connectivity index (χ4v) is 5.47. The molecule has 2 heterocycles. The van der Waals surface area contributed by atoms with E-state index in [1.54, 1.807) is 17.0 Å². The molecule has 0 N–H and O–H groups in total. The highest BCUT2D eigenvalue weighted by molar-refractivity contribution is 7.91. The second-order valence-electron chi connectivity index (χ2n) is 7.32. The number of carbonyl (C=O) groups is 1. The van der Waals surface area contributed by atoms with Crippen molar-refractivity contribution in [2.24, 2.45) is 0 Å². The minimum atomic E-state index is -3.29. The Morgan fingerprint density at radius 3 is 2.17 bits per heavy atom. The Balaban J connectivity index is 1.37. The molecule has 0 atom stereocenters. The summed E-state index contributed by atoms with van der Waals surface area (Å²) in [7, 11) is -3.29. The molecule has 1 amide bonds. The minimum absolute atomic E-state index is 0.0495. The van der Waals surface area contributed by atoms with Gasteiger partial charge < -0.3 is 9.32 Å². The average Bonchev–Trinajstić information content (AvgIpc) is 3.26. The second kappa shape index (κ2) is 8.25. The molecule has 150 valence electrons. The number of sulfone groups is 1. The molecule has 5 nitrogen and oxygen atoms in total. The maximum absolute atomic E-state index is 12.8. The fourth-order valence-electron chi connectivity index (χ4n) is 3.75.